The van der Waals surface area contributed by atoms with Gasteiger partial charge in [0.15, 0.2) is 0 Å². The van der Waals surface area contributed by atoms with Gasteiger partial charge in [-0.05, 0) is 12.5 Å². The molecule has 4 heteroatoms. The molecule has 0 aromatic carbocycles. The summed E-state index contributed by atoms with van der Waals surface area (Å²) in [5, 5.41) is 0. The molecule has 0 atom stereocenters. The Morgan fingerprint density at radius 3 is 2.93 bits per heavy atom. The topological polar surface area (TPSA) is 31.4 Å². The minimum atomic E-state index is -0.538. The highest BCUT2D eigenvalue weighted by atomic mass is 127. The van der Waals surface area contributed by atoms with Crippen molar-refractivity contribution in [3.05, 3.63) is 23.0 Å². The number of pyridine rings is 1. The molecule has 15 heavy (non-hydrogen) atoms. The van der Waals surface area contributed by atoms with E-state index in [1.54, 1.807) is 0 Å². The lowest BCUT2D eigenvalue weighted by molar-refractivity contribution is -0.180. The third kappa shape index (κ3) is 2.10. The van der Waals surface area contributed by atoms with Crippen LogP contribution in [0.1, 0.15) is 30.7 Å². The fourth-order valence-electron chi connectivity index (χ4n) is 1.61. The summed E-state index contributed by atoms with van der Waals surface area (Å²) in [6.07, 6.45) is 1.91. The molecular weight excluding hydrogens is 305 g/mol. The van der Waals surface area contributed by atoms with E-state index in [4.69, 9.17) is 9.47 Å². The van der Waals surface area contributed by atoms with E-state index in [1.165, 1.54) is 5.56 Å². The van der Waals surface area contributed by atoms with Gasteiger partial charge in [-0.15, -0.1) is 0 Å². The van der Waals surface area contributed by atoms with Crippen molar-refractivity contribution in [2.24, 2.45) is 0 Å². The van der Waals surface area contributed by atoms with Crippen LogP contribution in [0.4, 0.5) is 0 Å². The number of aromatic nitrogens is 1. The first-order chi connectivity index (χ1) is 7.03. The lowest BCUT2D eigenvalue weighted by Gasteiger charge is -2.34. The largest absolute Gasteiger partial charge is 0.461 e. The first-order valence-corrected chi connectivity index (χ1v) is 6.42. The second kappa shape index (κ2) is 3.90. The zero-order valence-corrected chi connectivity index (χ0v) is 11.3. The van der Waals surface area contributed by atoms with Crippen molar-refractivity contribution in [1.82, 2.24) is 4.98 Å². The van der Waals surface area contributed by atoms with E-state index in [1.807, 2.05) is 27.0 Å². The first-order valence-electron chi connectivity index (χ1n) is 4.90. The Hall–Kier alpha value is -0.360. The van der Waals surface area contributed by atoms with Crippen LogP contribution in [0, 0.1) is 6.92 Å². The molecule has 0 saturated heterocycles. The van der Waals surface area contributed by atoms with Crippen molar-refractivity contribution in [2.45, 2.75) is 37.6 Å². The van der Waals surface area contributed by atoms with Gasteiger partial charge in [0.05, 0.1) is 12.3 Å². The van der Waals surface area contributed by atoms with Gasteiger partial charge < -0.3 is 9.47 Å². The Bertz CT molecular complexity index is 390. The first kappa shape index (κ1) is 11.1. The van der Waals surface area contributed by atoms with Crippen LogP contribution in [0.15, 0.2) is 6.20 Å². The molecule has 0 unspecified atom stereocenters. The number of alkyl halides is 1. The molecular formula is C11H14INO2. The predicted octanol–water partition coefficient (Wildman–Crippen LogP) is 2.97. The van der Waals surface area contributed by atoms with Crippen molar-refractivity contribution < 1.29 is 9.47 Å². The molecule has 0 radical (unpaired) electrons. The van der Waals surface area contributed by atoms with Gasteiger partial charge in [0.1, 0.15) is 5.75 Å². The summed E-state index contributed by atoms with van der Waals surface area (Å²) in [6, 6.07) is 0. The number of hydrogen-bond donors (Lipinski definition) is 0. The van der Waals surface area contributed by atoms with Crippen LogP contribution in [-0.2, 0) is 15.8 Å². The van der Waals surface area contributed by atoms with Crippen molar-refractivity contribution >= 4 is 22.6 Å². The van der Waals surface area contributed by atoms with Gasteiger partial charge >= 0.3 is 0 Å². The number of hydrogen-bond acceptors (Lipinski definition) is 3. The number of rotatable bonds is 1. The molecule has 0 spiro atoms. The molecule has 2 heterocycles. The molecule has 0 saturated carbocycles. The summed E-state index contributed by atoms with van der Waals surface area (Å²) in [6.45, 7) is 6.43. The highest BCUT2D eigenvalue weighted by Gasteiger charge is 2.30. The third-order valence-corrected chi connectivity index (χ3v) is 3.28. The maximum absolute atomic E-state index is 5.80. The molecule has 1 aromatic heterocycles. The minimum absolute atomic E-state index is 0.538. The molecule has 2 rings (SSSR count). The van der Waals surface area contributed by atoms with Gasteiger partial charge in [-0.2, -0.15) is 0 Å². The molecule has 0 amide bonds. The van der Waals surface area contributed by atoms with E-state index in [-0.39, 0.29) is 0 Å². The average molecular weight is 319 g/mol. The van der Waals surface area contributed by atoms with E-state index in [0.29, 0.717) is 6.61 Å². The van der Waals surface area contributed by atoms with Crippen LogP contribution in [0.2, 0.25) is 0 Å². The maximum atomic E-state index is 5.80. The SMILES string of the molecule is Cc1ncc(CI)c2c1OC(C)(C)OC2. The highest BCUT2D eigenvalue weighted by molar-refractivity contribution is 14.1. The number of nitrogens with zero attached hydrogens (tertiary/aromatic N) is 1. The fraction of sp³-hybridized carbons (Fsp3) is 0.545. The fourth-order valence-corrected chi connectivity index (χ4v) is 2.26. The molecule has 82 valence electrons. The molecule has 1 aliphatic heterocycles. The molecule has 0 aliphatic carbocycles. The van der Waals surface area contributed by atoms with Crippen LogP contribution >= 0.6 is 22.6 Å². The van der Waals surface area contributed by atoms with Gasteiger partial charge in [0.2, 0.25) is 5.79 Å². The number of fused-ring (bicyclic) bond motifs is 1. The quantitative estimate of drug-likeness (QED) is 0.589. The van der Waals surface area contributed by atoms with Crippen LogP contribution < -0.4 is 4.74 Å². The molecule has 3 nitrogen and oxygen atoms in total. The number of ether oxygens (including phenoxy) is 2. The Morgan fingerprint density at radius 1 is 1.53 bits per heavy atom. The molecule has 0 fully saturated rings. The Morgan fingerprint density at radius 2 is 2.27 bits per heavy atom. The number of aryl methyl sites for hydroxylation is 1. The average Bonchev–Trinajstić information content (AvgIpc) is 2.18. The Labute approximate surface area is 103 Å². The zero-order valence-electron chi connectivity index (χ0n) is 9.13. The van der Waals surface area contributed by atoms with Crippen LogP contribution in [0.5, 0.6) is 5.75 Å². The van der Waals surface area contributed by atoms with Crippen molar-refractivity contribution in [1.29, 1.82) is 0 Å². The van der Waals surface area contributed by atoms with E-state index in [0.717, 1.165) is 21.4 Å². The van der Waals surface area contributed by atoms with Crippen molar-refractivity contribution in [3.63, 3.8) is 0 Å². The highest BCUT2D eigenvalue weighted by Crippen LogP contribution is 2.35. The molecule has 0 bridgehead atoms. The standard InChI is InChI=1S/C11H14INO2/c1-7-10-9(8(4-12)5-13-7)6-14-11(2,3)15-10/h5H,4,6H2,1-3H3. The van der Waals surface area contributed by atoms with Crippen LogP contribution in [0.3, 0.4) is 0 Å². The summed E-state index contributed by atoms with van der Waals surface area (Å²) in [4.78, 5) is 4.34. The summed E-state index contributed by atoms with van der Waals surface area (Å²) < 4.78 is 12.4. The smallest absolute Gasteiger partial charge is 0.205 e. The van der Waals surface area contributed by atoms with Crippen LogP contribution in [0.25, 0.3) is 0 Å². The molecule has 0 N–H and O–H groups in total. The van der Waals surface area contributed by atoms with E-state index >= 15 is 0 Å². The lowest BCUT2D eigenvalue weighted by Crippen LogP contribution is -2.36. The van der Waals surface area contributed by atoms with Gasteiger partial charge in [-0.25, -0.2) is 0 Å². The van der Waals surface area contributed by atoms with Gasteiger partial charge in [0, 0.05) is 30.0 Å². The van der Waals surface area contributed by atoms with Crippen LogP contribution in [-0.4, -0.2) is 10.8 Å². The lowest BCUT2D eigenvalue weighted by atomic mass is 10.1. The van der Waals surface area contributed by atoms with Crippen molar-refractivity contribution in [3.8, 4) is 5.75 Å². The monoisotopic (exact) mass is 319 g/mol. The van der Waals surface area contributed by atoms with Crippen molar-refractivity contribution in [2.75, 3.05) is 0 Å². The molecule has 1 aliphatic rings. The minimum Gasteiger partial charge on any atom is -0.461 e. The van der Waals surface area contributed by atoms with E-state index < -0.39 is 5.79 Å². The van der Waals surface area contributed by atoms with Gasteiger partial charge in [0.25, 0.3) is 0 Å². The normalized spacial score (nSPS) is 18.1. The maximum Gasteiger partial charge on any atom is 0.205 e. The summed E-state index contributed by atoms with van der Waals surface area (Å²) in [5.41, 5.74) is 3.29. The zero-order chi connectivity index (χ0) is 11.1. The predicted molar refractivity (Wildman–Crippen MR) is 66.2 cm³/mol. The van der Waals surface area contributed by atoms with E-state index in [2.05, 4.69) is 27.6 Å². The molecule has 1 aromatic rings. The van der Waals surface area contributed by atoms with E-state index in [9.17, 15) is 0 Å². The summed E-state index contributed by atoms with van der Waals surface area (Å²) >= 11 is 2.33. The second-order valence-corrected chi connectivity index (χ2v) is 4.86. The summed E-state index contributed by atoms with van der Waals surface area (Å²) in [5.74, 6) is 0.365. The third-order valence-electron chi connectivity index (χ3n) is 2.46. The Balaban J connectivity index is 2.50. The second-order valence-electron chi connectivity index (χ2n) is 4.10. The van der Waals surface area contributed by atoms with Gasteiger partial charge in [-0.1, -0.05) is 22.6 Å². The summed E-state index contributed by atoms with van der Waals surface area (Å²) in [7, 11) is 0. The number of halogens is 1. The van der Waals surface area contributed by atoms with Gasteiger partial charge in [-0.3, -0.25) is 4.98 Å². The Kier molecular flexibility index (Phi) is 2.89.